The van der Waals surface area contributed by atoms with Gasteiger partial charge in [0, 0.05) is 17.0 Å². The molecule has 0 bridgehead atoms. The minimum Gasteiger partial charge on any atom is -0.491 e. The first-order valence-corrected chi connectivity index (χ1v) is 4.80. The molecule has 0 aliphatic carbocycles. The van der Waals surface area contributed by atoms with E-state index in [-0.39, 0.29) is 0 Å². The first kappa shape index (κ1) is 9.00. The van der Waals surface area contributed by atoms with Crippen LogP contribution in [-0.4, -0.2) is 11.6 Å². The van der Waals surface area contributed by atoms with Crippen LogP contribution in [0, 0.1) is 6.92 Å². The number of fused-ring (bicyclic) bond motifs is 1. The molecule has 0 N–H and O–H groups in total. The Labute approximate surface area is 83.5 Å². The summed E-state index contributed by atoms with van der Waals surface area (Å²) in [6.45, 7) is 4.63. The molecule has 0 saturated carbocycles. The Morgan fingerprint density at radius 1 is 1.29 bits per heavy atom. The molecular formula is C12H13NO. The Morgan fingerprint density at radius 2 is 2.07 bits per heavy atom. The van der Waals surface area contributed by atoms with Crippen molar-refractivity contribution in [3.8, 4) is 5.75 Å². The van der Waals surface area contributed by atoms with Crippen molar-refractivity contribution in [1.29, 1.82) is 0 Å². The third-order valence-corrected chi connectivity index (χ3v) is 2.22. The fourth-order valence-corrected chi connectivity index (χ4v) is 1.56. The summed E-state index contributed by atoms with van der Waals surface area (Å²) in [6.07, 6.45) is 1.88. The van der Waals surface area contributed by atoms with Crippen molar-refractivity contribution in [2.24, 2.45) is 0 Å². The van der Waals surface area contributed by atoms with Crippen LogP contribution >= 0.6 is 0 Å². The van der Waals surface area contributed by atoms with Gasteiger partial charge in [-0.25, -0.2) is 0 Å². The van der Waals surface area contributed by atoms with Crippen LogP contribution in [0.3, 0.4) is 0 Å². The fourth-order valence-electron chi connectivity index (χ4n) is 1.56. The summed E-state index contributed by atoms with van der Waals surface area (Å²) < 4.78 is 5.59. The summed E-state index contributed by atoms with van der Waals surface area (Å²) in [6, 6.07) is 8.14. The zero-order valence-electron chi connectivity index (χ0n) is 8.45. The quantitative estimate of drug-likeness (QED) is 0.721. The number of aryl methyl sites for hydroxylation is 1. The average Bonchev–Trinajstić information content (AvgIpc) is 2.23. The maximum absolute atomic E-state index is 5.59. The van der Waals surface area contributed by atoms with Crippen molar-refractivity contribution in [3.05, 3.63) is 36.2 Å². The Balaban J connectivity index is 2.69. The Hall–Kier alpha value is -1.57. The van der Waals surface area contributed by atoms with Gasteiger partial charge in [0.25, 0.3) is 0 Å². The molecule has 2 heteroatoms. The molecule has 0 saturated heterocycles. The highest BCUT2D eigenvalue weighted by molar-refractivity contribution is 5.88. The predicted molar refractivity (Wildman–Crippen MR) is 57.6 cm³/mol. The molecular weight excluding hydrogens is 174 g/mol. The molecule has 0 unspecified atom stereocenters. The second-order valence-corrected chi connectivity index (χ2v) is 3.19. The lowest BCUT2D eigenvalue weighted by Gasteiger charge is -2.09. The summed E-state index contributed by atoms with van der Waals surface area (Å²) >= 11 is 0. The maximum Gasteiger partial charge on any atom is 0.148 e. The number of rotatable bonds is 2. The van der Waals surface area contributed by atoms with Crippen LogP contribution in [0.25, 0.3) is 10.8 Å². The second kappa shape index (κ2) is 3.66. The number of hydrogen-bond acceptors (Lipinski definition) is 2. The van der Waals surface area contributed by atoms with E-state index >= 15 is 0 Å². The predicted octanol–water partition coefficient (Wildman–Crippen LogP) is 2.94. The molecule has 0 radical (unpaired) electrons. The molecule has 0 aliphatic rings. The molecule has 0 atom stereocenters. The van der Waals surface area contributed by atoms with Crippen molar-refractivity contribution in [3.63, 3.8) is 0 Å². The van der Waals surface area contributed by atoms with Crippen LogP contribution in [0.5, 0.6) is 5.75 Å². The van der Waals surface area contributed by atoms with Crippen molar-refractivity contribution in [2.45, 2.75) is 13.8 Å². The van der Waals surface area contributed by atoms with Crippen LogP contribution < -0.4 is 4.74 Å². The van der Waals surface area contributed by atoms with Crippen LogP contribution in [0.1, 0.15) is 12.6 Å². The van der Waals surface area contributed by atoms with Crippen molar-refractivity contribution >= 4 is 10.8 Å². The molecule has 0 aliphatic heterocycles. The van der Waals surface area contributed by atoms with E-state index in [9.17, 15) is 0 Å². The van der Waals surface area contributed by atoms with Crippen molar-refractivity contribution in [1.82, 2.24) is 4.98 Å². The minimum absolute atomic E-state index is 0.677. The van der Waals surface area contributed by atoms with E-state index in [0.717, 1.165) is 22.2 Å². The zero-order valence-corrected chi connectivity index (χ0v) is 8.45. The second-order valence-electron chi connectivity index (χ2n) is 3.19. The SMILES string of the molecule is CCOc1c(C)ncc2ccccc12. The van der Waals surface area contributed by atoms with E-state index in [1.807, 2.05) is 38.2 Å². The first-order chi connectivity index (χ1) is 6.83. The van der Waals surface area contributed by atoms with Gasteiger partial charge in [0.05, 0.1) is 12.3 Å². The van der Waals surface area contributed by atoms with Crippen LogP contribution in [0.15, 0.2) is 30.5 Å². The number of hydrogen-bond donors (Lipinski definition) is 0. The standard InChI is InChI=1S/C12H13NO/c1-3-14-12-9(2)13-8-10-6-4-5-7-11(10)12/h4-8H,3H2,1-2H3. The molecule has 0 amide bonds. The van der Waals surface area contributed by atoms with Gasteiger partial charge in [-0.3, -0.25) is 4.98 Å². The summed E-state index contributed by atoms with van der Waals surface area (Å²) in [4.78, 5) is 4.30. The van der Waals surface area contributed by atoms with Gasteiger partial charge >= 0.3 is 0 Å². The highest BCUT2D eigenvalue weighted by Gasteiger charge is 2.05. The third-order valence-electron chi connectivity index (χ3n) is 2.22. The Morgan fingerprint density at radius 3 is 2.86 bits per heavy atom. The smallest absolute Gasteiger partial charge is 0.148 e. The topological polar surface area (TPSA) is 22.1 Å². The van der Waals surface area contributed by atoms with Gasteiger partial charge in [0.2, 0.25) is 0 Å². The maximum atomic E-state index is 5.59. The van der Waals surface area contributed by atoms with E-state index in [0.29, 0.717) is 6.61 Å². The molecule has 72 valence electrons. The van der Waals surface area contributed by atoms with E-state index in [2.05, 4.69) is 11.1 Å². The number of aromatic nitrogens is 1. The lowest BCUT2D eigenvalue weighted by atomic mass is 10.1. The van der Waals surface area contributed by atoms with Crippen molar-refractivity contribution in [2.75, 3.05) is 6.61 Å². The van der Waals surface area contributed by atoms with Gasteiger partial charge in [-0.05, 0) is 13.8 Å². The summed E-state index contributed by atoms with van der Waals surface area (Å²) in [5.74, 6) is 0.908. The van der Waals surface area contributed by atoms with E-state index in [1.165, 1.54) is 0 Å². The fraction of sp³-hybridized carbons (Fsp3) is 0.250. The molecule has 1 aromatic heterocycles. The van der Waals surface area contributed by atoms with Gasteiger partial charge in [-0.1, -0.05) is 24.3 Å². The van der Waals surface area contributed by atoms with Gasteiger partial charge in [0.1, 0.15) is 5.75 Å². The Kier molecular flexibility index (Phi) is 2.35. The molecule has 14 heavy (non-hydrogen) atoms. The summed E-state index contributed by atoms with van der Waals surface area (Å²) in [5.41, 5.74) is 0.950. The summed E-state index contributed by atoms with van der Waals surface area (Å²) in [5, 5.41) is 2.27. The average molecular weight is 187 g/mol. The zero-order chi connectivity index (χ0) is 9.97. The number of ether oxygens (including phenoxy) is 1. The highest BCUT2D eigenvalue weighted by atomic mass is 16.5. The lowest BCUT2D eigenvalue weighted by Crippen LogP contribution is -1.96. The van der Waals surface area contributed by atoms with Gasteiger partial charge in [-0.2, -0.15) is 0 Å². The van der Waals surface area contributed by atoms with Gasteiger partial charge in [-0.15, -0.1) is 0 Å². The van der Waals surface area contributed by atoms with E-state index in [4.69, 9.17) is 4.74 Å². The third kappa shape index (κ3) is 1.43. The van der Waals surface area contributed by atoms with Crippen LogP contribution in [-0.2, 0) is 0 Å². The van der Waals surface area contributed by atoms with Gasteiger partial charge in [0.15, 0.2) is 0 Å². The van der Waals surface area contributed by atoms with Crippen molar-refractivity contribution < 1.29 is 4.74 Å². The molecule has 0 fully saturated rings. The summed E-state index contributed by atoms with van der Waals surface area (Å²) in [7, 11) is 0. The Bertz CT molecular complexity index is 451. The molecule has 2 nitrogen and oxygen atoms in total. The molecule has 1 heterocycles. The van der Waals surface area contributed by atoms with Crippen LogP contribution in [0.2, 0.25) is 0 Å². The molecule has 0 spiro atoms. The number of benzene rings is 1. The normalized spacial score (nSPS) is 10.4. The number of nitrogens with zero attached hydrogens (tertiary/aromatic N) is 1. The van der Waals surface area contributed by atoms with Crippen LogP contribution in [0.4, 0.5) is 0 Å². The first-order valence-electron chi connectivity index (χ1n) is 4.80. The van der Waals surface area contributed by atoms with E-state index in [1.54, 1.807) is 0 Å². The minimum atomic E-state index is 0.677. The monoisotopic (exact) mass is 187 g/mol. The van der Waals surface area contributed by atoms with Gasteiger partial charge < -0.3 is 4.74 Å². The molecule has 2 aromatic rings. The molecule has 1 aromatic carbocycles. The molecule has 2 rings (SSSR count). The lowest BCUT2D eigenvalue weighted by molar-refractivity contribution is 0.340. The van der Waals surface area contributed by atoms with E-state index < -0.39 is 0 Å². The largest absolute Gasteiger partial charge is 0.491 e. The highest BCUT2D eigenvalue weighted by Crippen LogP contribution is 2.27. The number of pyridine rings is 1.